The third kappa shape index (κ3) is 3.84. The smallest absolute Gasteiger partial charge is 0.339 e. The molecule has 0 N–H and O–H groups in total. The van der Waals surface area contributed by atoms with Gasteiger partial charge < -0.3 is 9.47 Å². The molecule has 98 valence electrons. The van der Waals surface area contributed by atoms with Crippen LogP contribution in [0.2, 0.25) is 0 Å². The highest BCUT2D eigenvalue weighted by Crippen LogP contribution is 2.22. The van der Waals surface area contributed by atoms with Gasteiger partial charge in [-0.25, -0.2) is 4.79 Å². The minimum atomic E-state index is -1.11. The van der Waals surface area contributed by atoms with Gasteiger partial charge in [-0.2, -0.15) is 0 Å². The van der Waals surface area contributed by atoms with Gasteiger partial charge in [0, 0.05) is 0 Å². The summed E-state index contributed by atoms with van der Waals surface area (Å²) in [6.07, 6.45) is 0.920. The maximum Gasteiger partial charge on any atom is 0.339 e. The summed E-state index contributed by atoms with van der Waals surface area (Å²) >= 11 is 0. The average molecular weight is 251 g/mol. The first kappa shape index (κ1) is 14.2. The molecular weight excluding hydrogens is 234 g/mol. The summed E-state index contributed by atoms with van der Waals surface area (Å²) in [5, 5.41) is 2.80. The maximum absolute atomic E-state index is 11.5. The zero-order chi connectivity index (χ0) is 13.4. The number of carbonyl (C=O) groups excluding carboxylic acids is 1. The van der Waals surface area contributed by atoms with Crippen LogP contribution in [0.15, 0.2) is 29.4 Å². The number of nitrogens with zero attached hydrogens (tertiary/aromatic N) is 1. The molecule has 18 heavy (non-hydrogen) atoms. The molecule has 0 bridgehead atoms. The van der Waals surface area contributed by atoms with Gasteiger partial charge in [-0.1, -0.05) is 19.1 Å². The monoisotopic (exact) mass is 251 g/mol. The summed E-state index contributed by atoms with van der Waals surface area (Å²) in [6.45, 7) is 4.55. The molecule has 1 unspecified atom stereocenters. The van der Waals surface area contributed by atoms with Gasteiger partial charge in [0.15, 0.2) is 0 Å². The van der Waals surface area contributed by atoms with E-state index in [-0.39, 0.29) is 6.61 Å². The molecule has 1 rings (SSSR count). The van der Waals surface area contributed by atoms with E-state index in [2.05, 4.69) is 5.18 Å². The van der Waals surface area contributed by atoms with Gasteiger partial charge in [0.2, 0.25) is 6.04 Å². The topological polar surface area (TPSA) is 65.0 Å². The first-order valence-corrected chi connectivity index (χ1v) is 5.94. The molecule has 0 saturated carbocycles. The lowest BCUT2D eigenvalue weighted by Crippen LogP contribution is -2.13. The zero-order valence-corrected chi connectivity index (χ0v) is 10.6. The van der Waals surface area contributed by atoms with Crippen molar-refractivity contribution in [3.8, 4) is 5.75 Å². The molecule has 0 fully saturated rings. The Labute approximate surface area is 106 Å². The largest absolute Gasteiger partial charge is 0.494 e. The minimum Gasteiger partial charge on any atom is -0.494 e. The van der Waals surface area contributed by atoms with Crippen LogP contribution in [0.25, 0.3) is 0 Å². The van der Waals surface area contributed by atoms with E-state index in [9.17, 15) is 9.70 Å². The Balaban J connectivity index is 2.75. The van der Waals surface area contributed by atoms with Gasteiger partial charge >= 0.3 is 5.97 Å². The van der Waals surface area contributed by atoms with Crippen molar-refractivity contribution in [2.24, 2.45) is 5.18 Å². The van der Waals surface area contributed by atoms with E-state index in [4.69, 9.17) is 9.47 Å². The van der Waals surface area contributed by atoms with E-state index < -0.39 is 12.0 Å². The molecule has 0 aromatic heterocycles. The Hall–Kier alpha value is -1.91. The van der Waals surface area contributed by atoms with Crippen molar-refractivity contribution >= 4 is 5.97 Å². The molecule has 0 radical (unpaired) electrons. The van der Waals surface area contributed by atoms with Crippen molar-refractivity contribution in [1.82, 2.24) is 0 Å². The first-order chi connectivity index (χ1) is 8.72. The summed E-state index contributed by atoms with van der Waals surface area (Å²) in [5.41, 5.74) is 0.507. The second kappa shape index (κ2) is 7.42. The molecule has 0 aliphatic heterocycles. The van der Waals surface area contributed by atoms with Crippen molar-refractivity contribution in [3.63, 3.8) is 0 Å². The molecule has 5 heteroatoms. The molecule has 1 atom stereocenters. The van der Waals surface area contributed by atoms with Gasteiger partial charge in [0.05, 0.1) is 13.2 Å². The highest BCUT2D eigenvalue weighted by atomic mass is 16.5. The Bertz CT molecular complexity index is 388. The number of hydrogen-bond donors (Lipinski definition) is 0. The highest BCUT2D eigenvalue weighted by Gasteiger charge is 2.22. The molecule has 0 aliphatic rings. The summed E-state index contributed by atoms with van der Waals surface area (Å²) in [4.78, 5) is 22.2. The average Bonchev–Trinajstić information content (AvgIpc) is 2.39. The second-order valence-electron chi connectivity index (χ2n) is 3.68. The minimum absolute atomic E-state index is 0.225. The van der Waals surface area contributed by atoms with E-state index >= 15 is 0 Å². The van der Waals surface area contributed by atoms with Crippen molar-refractivity contribution < 1.29 is 14.3 Å². The number of hydrogen-bond acceptors (Lipinski definition) is 5. The van der Waals surface area contributed by atoms with Gasteiger partial charge in [0.1, 0.15) is 5.75 Å². The van der Waals surface area contributed by atoms with Crippen LogP contribution in [0, 0.1) is 4.91 Å². The molecule has 1 aromatic carbocycles. The van der Waals surface area contributed by atoms with Crippen LogP contribution in [0.4, 0.5) is 0 Å². The molecule has 0 heterocycles. The first-order valence-electron chi connectivity index (χ1n) is 5.94. The highest BCUT2D eigenvalue weighted by molar-refractivity contribution is 5.77. The van der Waals surface area contributed by atoms with Gasteiger partial charge in [-0.05, 0) is 36.2 Å². The number of rotatable bonds is 7. The predicted octanol–water partition coefficient (Wildman–Crippen LogP) is 2.85. The molecule has 0 amide bonds. The van der Waals surface area contributed by atoms with Gasteiger partial charge in [-0.3, -0.25) is 0 Å². The number of carbonyl (C=O) groups is 1. The van der Waals surface area contributed by atoms with Crippen molar-refractivity contribution in [2.75, 3.05) is 13.2 Å². The molecule has 1 aromatic rings. The fraction of sp³-hybridized carbons (Fsp3) is 0.462. The fourth-order valence-corrected chi connectivity index (χ4v) is 1.43. The maximum atomic E-state index is 11.5. The fourth-order valence-electron chi connectivity index (χ4n) is 1.43. The standard InChI is InChI=1S/C13H17NO4/c1-3-9-18-11-7-5-10(6-8-11)12(14-16)13(15)17-4-2/h5-8,12H,3-4,9H2,1-2H3. The third-order valence-corrected chi connectivity index (χ3v) is 2.28. The summed E-state index contributed by atoms with van der Waals surface area (Å²) in [6, 6.07) is 5.61. The summed E-state index contributed by atoms with van der Waals surface area (Å²) < 4.78 is 10.2. The van der Waals surface area contributed by atoms with Crippen LogP contribution in [-0.2, 0) is 9.53 Å². The van der Waals surface area contributed by atoms with Crippen LogP contribution in [-0.4, -0.2) is 19.2 Å². The van der Waals surface area contributed by atoms with Crippen molar-refractivity contribution in [2.45, 2.75) is 26.3 Å². The third-order valence-electron chi connectivity index (χ3n) is 2.28. The van der Waals surface area contributed by atoms with Crippen LogP contribution in [0.3, 0.4) is 0 Å². The van der Waals surface area contributed by atoms with E-state index in [1.807, 2.05) is 6.92 Å². The molecule has 0 spiro atoms. The molecule has 0 aliphatic carbocycles. The van der Waals surface area contributed by atoms with Gasteiger partial charge in [0.25, 0.3) is 0 Å². The zero-order valence-electron chi connectivity index (χ0n) is 10.6. The Morgan fingerprint density at radius 3 is 2.44 bits per heavy atom. The predicted molar refractivity (Wildman–Crippen MR) is 67.4 cm³/mol. The van der Waals surface area contributed by atoms with Crippen molar-refractivity contribution in [1.29, 1.82) is 0 Å². The Kier molecular flexibility index (Phi) is 5.84. The van der Waals surface area contributed by atoms with E-state index in [0.29, 0.717) is 17.9 Å². The lowest BCUT2D eigenvalue weighted by molar-refractivity contribution is -0.144. The van der Waals surface area contributed by atoms with Crippen LogP contribution < -0.4 is 4.74 Å². The van der Waals surface area contributed by atoms with Crippen LogP contribution in [0.1, 0.15) is 31.9 Å². The lowest BCUT2D eigenvalue weighted by atomic mass is 10.1. The molecule has 0 saturated heterocycles. The van der Waals surface area contributed by atoms with Crippen LogP contribution in [0.5, 0.6) is 5.75 Å². The second-order valence-corrected chi connectivity index (χ2v) is 3.68. The Morgan fingerprint density at radius 2 is 1.94 bits per heavy atom. The van der Waals surface area contributed by atoms with E-state index in [1.54, 1.807) is 31.2 Å². The SMILES string of the molecule is CCCOc1ccc(C(N=O)C(=O)OCC)cc1. The summed E-state index contributed by atoms with van der Waals surface area (Å²) in [7, 11) is 0. The van der Waals surface area contributed by atoms with E-state index in [1.165, 1.54) is 0 Å². The lowest BCUT2D eigenvalue weighted by Gasteiger charge is -2.09. The molecule has 5 nitrogen and oxygen atoms in total. The number of benzene rings is 1. The molecular formula is C13H17NO4. The van der Waals surface area contributed by atoms with Gasteiger partial charge in [-0.15, -0.1) is 4.91 Å². The van der Waals surface area contributed by atoms with Crippen molar-refractivity contribution in [3.05, 3.63) is 34.7 Å². The normalized spacial score (nSPS) is 11.7. The summed E-state index contributed by atoms with van der Waals surface area (Å²) in [5.74, 6) is 0.0730. The Morgan fingerprint density at radius 1 is 1.28 bits per heavy atom. The quantitative estimate of drug-likeness (QED) is 0.552. The number of nitroso groups, excluding NO2 is 1. The number of ether oxygens (including phenoxy) is 2. The van der Waals surface area contributed by atoms with E-state index in [0.717, 1.165) is 6.42 Å². The number of esters is 1. The van der Waals surface area contributed by atoms with Crippen LogP contribution >= 0.6 is 0 Å².